The Balaban J connectivity index is 1.95. The first kappa shape index (κ1) is 28.8. The van der Waals surface area contributed by atoms with E-state index in [-0.39, 0.29) is 43.1 Å². The first-order valence-electron chi connectivity index (χ1n) is 10.3. The Hall–Kier alpha value is -1.46. The molecular formula is C19H22B5ClFN3O5. The summed E-state index contributed by atoms with van der Waals surface area (Å²) in [5.74, 6) is -5.68. The van der Waals surface area contributed by atoms with Gasteiger partial charge in [0.2, 0.25) is 11.8 Å². The van der Waals surface area contributed by atoms with Gasteiger partial charge in [-0.3, -0.25) is 14.5 Å². The van der Waals surface area contributed by atoms with Gasteiger partial charge in [0.1, 0.15) is 21.5 Å². The molecule has 5 N–H and O–H groups in total. The maximum Gasteiger partial charge on any atom is 0.255 e. The molecule has 1 aliphatic rings. The molecule has 0 spiro atoms. The summed E-state index contributed by atoms with van der Waals surface area (Å²) >= 11 is 5.73. The van der Waals surface area contributed by atoms with E-state index in [0.717, 1.165) is 12.1 Å². The second-order valence-corrected chi connectivity index (χ2v) is 9.26. The summed E-state index contributed by atoms with van der Waals surface area (Å²) in [6.45, 7) is 1.49. The third-order valence-corrected chi connectivity index (χ3v) is 6.22. The Bertz CT molecular complexity index is 886. The molecule has 10 radical (unpaired) electrons. The Morgan fingerprint density at radius 1 is 1.09 bits per heavy atom. The van der Waals surface area contributed by atoms with Crippen LogP contribution < -0.4 is 10.6 Å². The Kier molecular flexibility index (Phi) is 8.69. The van der Waals surface area contributed by atoms with Crippen LogP contribution in [0, 0.1) is 11.7 Å². The van der Waals surface area contributed by atoms with Crippen molar-refractivity contribution in [2.24, 2.45) is 5.92 Å². The fourth-order valence-corrected chi connectivity index (χ4v) is 3.82. The number of benzene rings is 1. The molecule has 0 bridgehead atoms. The van der Waals surface area contributed by atoms with Crippen molar-refractivity contribution in [2.45, 2.75) is 41.7 Å². The molecule has 1 atom stereocenters. The number of piperidine rings is 1. The average Bonchev–Trinajstić information content (AvgIpc) is 2.65. The zero-order valence-electron chi connectivity index (χ0n) is 18.6. The van der Waals surface area contributed by atoms with Gasteiger partial charge in [0, 0.05) is 27.4 Å². The number of amides is 2. The number of rotatable bonds is 8. The maximum atomic E-state index is 13.5. The van der Waals surface area contributed by atoms with Crippen LogP contribution in [0.15, 0.2) is 18.2 Å². The van der Waals surface area contributed by atoms with E-state index in [4.69, 9.17) is 50.8 Å². The van der Waals surface area contributed by atoms with Crippen LogP contribution in [0.2, 0.25) is 10.1 Å². The molecule has 1 heterocycles. The van der Waals surface area contributed by atoms with Crippen LogP contribution in [0.4, 0.5) is 4.39 Å². The summed E-state index contributed by atoms with van der Waals surface area (Å²) in [6, 6.07) is 3.11. The van der Waals surface area contributed by atoms with Crippen molar-refractivity contribution in [1.29, 1.82) is 0 Å². The summed E-state index contributed by atoms with van der Waals surface area (Å²) in [5, 5.41) is 30.5. The predicted molar refractivity (Wildman–Crippen MR) is 128 cm³/mol. The number of aliphatic hydroxyl groups is 3. The molecule has 15 heteroatoms. The van der Waals surface area contributed by atoms with Crippen LogP contribution in [0.1, 0.15) is 30.1 Å². The molecule has 1 aromatic carbocycles. The van der Waals surface area contributed by atoms with Crippen LogP contribution in [0.5, 0.6) is 0 Å². The van der Waals surface area contributed by atoms with Crippen molar-refractivity contribution in [1.82, 2.24) is 15.5 Å². The second kappa shape index (κ2) is 10.3. The van der Waals surface area contributed by atoms with Crippen molar-refractivity contribution in [3.05, 3.63) is 34.6 Å². The highest BCUT2D eigenvalue weighted by molar-refractivity contribution is 6.61. The summed E-state index contributed by atoms with van der Waals surface area (Å²) in [5.41, 5.74) is -2.17. The molecule has 1 aliphatic heterocycles. The van der Waals surface area contributed by atoms with Gasteiger partial charge in [-0.05, 0) is 51.1 Å². The largest absolute Gasteiger partial charge is 0.407 e. The van der Waals surface area contributed by atoms with Gasteiger partial charge in [-0.15, -0.1) is 5.11 Å². The minimum absolute atomic E-state index is 0.0202. The molecular weight excluding hydrogens is 459 g/mol. The summed E-state index contributed by atoms with van der Waals surface area (Å²) < 4.78 is 13.5. The van der Waals surface area contributed by atoms with Crippen molar-refractivity contribution >= 4 is 62.6 Å². The number of nitrogens with one attached hydrogen (secondary N) is 2. The highest BCUT2D eigenvalue weighted by Gasteiger charge is 2.47. The second-order valence-electron chi connectivity index (χ2n) is 8.82. The Labute approximate surface area is 209 Å². The van der Waals surface area contributed by atoms with Crippen molar-refractivity contribution in [2.75, 3.05) is 19.6 Å². The first-order chi connectivity index (χ1) is 15.4. The van der Waals surface area contributed by atoms with Gasteiger partial charge in [0.15, 0.2) is 0 Å². The van der Waals surface area contributed by atoms with Crippen LogP contribution in [0.25, 0.3) is 0 Å². The molecule has 1 fully saturated rings. The number of hydrogen-bond acceptors (Lipinski definition) is 6. The van der Waals surface area contributed by atoms with Gasteiger partial charge >= 0.3 is 0 Å². The van der Waals surface area contributed by atoms with E-state index in [1.807, 2.05) is 0 Å². The third-order valence-electron chi connectivity index (χ3n) is 6.00. The molecule has 2 amide bonds. The zero-order valence-corrected chi connectivity index (χ0v) is 19.3. The molecule has 172 valence electrons. The molecule has 2 rings (SSSR count). The molecule has 0 aromatic heterocycles. The fraction of sp³-hybridized carbons (Fsp3) is 0.579. The Morgan fingerprint density at radius 2 is 1.65 bits per heavy atom. The van der Waals surface area contributed by atoms with E-state index >= 15 is 0 Å². The lowest BCUT2D eigenvalue weighted by molar-refractivity contribution is -0.222. The lowest BCUT2D eigenvalue weighted by atomic mass is 9.29. The topological polar surface area (TPSA) is 122 Å². The number of carbonyl (C=O) groups excluding carboxylic acids is 2. The van der Waals surface area contributed by atoms with Gasteiger partial charge in [-0.2, -0.15) is 0 Å². The monoisotopic (exact) mass is 481 g/mol. The maximum absolute atomic E-state index is 13.5. The minimum atomic E-state index is -2.59. The van der Waals surface area contributed by atoms with E-state index < -0.39 is 45.5 Å². The number of nitrogens with zero attached hydrogens (tertiary/aromatic N) is 1. The lowest BCUT2D eigenvalue weighted by Gasteiger charge is -2.53. The molecule has 0 saturated carbocycles. The van der Waals surface area contributed by atoms with Gasteiger partial charge in [0.05, 0.1) is 30.1 Å². The number of halogens is 2. The standard InChI is InChI=1S/C19H22B5ClFN3O5/c1-16(18(20,21)22,19(23,24)34)27-14(30)9-29-4-2-11(3-5-29)17(32,33)28-15(31)10-6-12(25)8-13(26)7-10/h6-8,11,32-34H,2-5,9H2,1H3,(H,27,30)(H,28,31). The van der Waals surface area contributed by atoms with Crippen LogP contribution in [-0.2, 0) is 4.79 Å². The summed E-state index contributed by atoms with van der Waals surface area (Å²) in [4.78, 5) is 26.5. The van der Waals surface area contributed by atoms with E-state index in [0.29, 0.717) is 0 Å². The first-order valence-corrected chi connectivity index (χ1v) is 10.7. The quantitative estimate of drug-likeness (QED) is 0.217. The van der Waals surface area contributed by atoms with Gasteiger partial charge in [-0.25, -0.2) is 4.39 Å². The van der Waals surface area contributed by atoms with E-state index in [1.165, 1.54) is 13.0 Å². The molecule has 1 unspecified atom stereocenters. The van der Waals surface area contributed by atoms with Gasteiger partial charge in [-0.1, -0.05) is 11.6 Å². The van der Waals surface area contributed by atoms with E-state index in [1.54, 1.807) is 4.90 Å². The van der Waals surface area contributed by atoms with Gasteiger partial charge in [0.25, 0.3) is 5.91 Å². The minimum Gasteiger partial charge on any atom is -0.407 e. The molecule has 34 heavy (non-hydrogen) atoms. The lowest BCUT2D eigenvalue weighted by Crippen LogP contribution is -2.70. The molecule has 8 nitrogen and oxygen atoms in total. The Morgan fingerprint density at radius 3 is 2.12 bits per heavy atom. The smallest absolute Gasteiger partial charge is 0.255 e. The SMILES string of the molecule is [B]C([B])([B])C(C)(NC(=O)CN1CCC(C(O)(O)NC(=O)c2cc(F)cc(Cl)c2)CC1)C([B])([B])O. The van der Waals surface area contributed by atoms with Crippen LogP contribution in [-0.4, -0.2) is 108 Å². The van der Waals surface area contributed by atoms with Gasteiger partial charge < -0.3 is 26.0 Å². The van der Waals surface area contributed by atoms with Crippen molar-refractivity contribution in [3.63, 3.8) is 0 Å². The fourth-order valence-electron chi connectivity index (χ4n) is 3.60. The van der Waals surface area contributed by atoms with E-state index in [2.05, 4.69) is 10.6 Å². The van der Waals surface area contributed by atoms with Crippen molar-refractivity contribution in [3.8, 4) is 0 Å². The highest BCUT2D eigenvalue weighted by atomic mass is 35.5. The third kappa shape index (κ3) is 6.82. The summed E-state index contributed by atoms with van der Waals surface area (Å²) in [6.07, 6.45) is 0.377. The van der Waals surface area contributed by atoms with Crippen LogP contribution in [0.3, 0.4) is 0 Å². The highest BCUT2D eigenvalue weighted by Crippen LogP contribution is 2.35. The van der Waals surface area contributed by atoms with Crippen LogP contribution >= 0.6 is 11.6 Å². The number of hydrogen-bond donors (Lipinski definition) is 5. The van der Waals surface area contributed by atoms with Crippen molar-refractivity contribution < 1.29 is 29.3 Å². The molecule has 1 saturated heterocycles. The number of carbonyl (C=O) groups is 2. The molecule has 0 aliphatic carbocycles. The zero-order chi connectivity index (χ0) is 26.1. The van der Waals surface area contributed by atoms with E-state index in [9.17, 15) is 29.3 Å². The normalized spacial score (nSPS) is 18.2. The average molecular weight is 481 g/mol. The molecule has 1 aromatic rings. The summed E-state index contributed by atoms with van der Waals surface area (Å²) in [7, 11) is 27.9. The number of likely N-dealkylation sites (tertiary alicyclic amines) is 1. The predicted octanol–water partition coefficient (Wildman–Crippen LogP) is -2.00.